The second-order valence-electron chi connectivity index (χ2n) is 4.11. The summed E-state index contributed by atoms with van der Waals surface area (Å²) >= 11 is 0. The molecule has 0 radical (unpaired) electrons. The topological polar surface area (TPSA) is 6.48 Å². The third kappa shape index (κ3) is 2.04. The van der Waals surface area contributed by atoms with Gasteiger partial charge in [-0.15, -0.1) is 12.3 Å². The van der Waals surface area contributed by atoms with E-state index in [1.165, 1.54) is 39.0 Å². The van der Waals surface area contributed by atoms with E-state index in [9.17, 15) is 0 Å². The normalized spacial score (nSPS) is 25.8. The van der Waals surface area contributed by atoms with Gasteiger partial charge in [-0.25, -0.2) is 0 Å². The van der Waals surface area contributed by atoms with Crippen LogP contribution in [0.25, 0.3) is 0 Å². The van der Waals surface area contributed by atoms with Crippen molar-refractivity contribution in [3.05, 3.63) is 0 Å². The van der Waals surface area contributed by atoms with Crippen LogP contribution in [0.3, 0.4) is 0 Å². The molecule has 72 valence electrons. The van der Waals surface area contributed by atoms with Gasteiger partial charge >= 0.3 is 0 Å². The van der Waals surface area contributed by atoms with Gasteiger partial charge in [0.1, 0.15) is 0 Å². The van der Waals surface area contributed by atoms with Crippen molar-refractivity contribution < 1.29 is 0 Å². The predicted molar refractivity (Wildman–Crippen MR) is 54.5 cm³/mol. The largest absolute Gasteiger partial charge is 0.299 e. The molecule has 0 aliphatic carbocycles. The van der Waals surface area contributed by atoms with Gasteiger partial charge in [0, 0.05) is 32.1 Å². The molecule has 0 spiro atoms. The third-order valence-electron chi connectivity index (χ3n) is 3.17. The molecule has 2 heteroatoms. The summed E-state index contributed by atoms with van der Waals surface area (Å²) in [6, 6.07) is 0.847. The Morgan fingerprint density at radius 2 is 1.92 bits per heavy atom. The van der Waals surface area contributed by atoms with Crippen molar-refractivity contribution in [2.75, 3.05) is 32.7 Å². The molecule has 0 atom stereocenters. The second kappa shape index (κ2) is 4.13. The fourth-order valence-electron chi connectivity index (χ4n) is 2.29. The quantitative estimate of drug-likeness (QED) is 0.590. The Morgan fingerprint density at radius 3 is 2.54 bits per heavy atom. The number of terminal acetylenes is 1. The molecule has 2 aliphatic heterocycles. The van der Waals surface area contributed by atoms with Crippen molar-refractivity contribution in [1.29, 1.82) is 0 Å². The molecule has 2 rings (SSSR count). The van der Waals surface area contributed by atoms with Gasteiger partial charge in [0.2, 0.25) is 0 Å². The van der Waals surface area contributed by atoms with E-state index in [-0.39, 0.29) is 0 Å². The van der Waals surface area contributed by atoms with Gasteiger partial charge in [-0.1, -0.05) is 0 Å². The van der Waals surface area contributed by atoms with E-state index in [0.29, 0.717) is 0 Å². The van der Waals surface area contributed by atoms with Crippen molar-refractivity contribution in [3.8, 4) is 12.3 Å². The highest BCUT2D eigenvalue weighted by Crippen LogP contribution is 2.19. The molecule has 0 bridgehead atoms. The number of likely N-dealkylation sites (tertiary alicyclic amines) is 2. The Hall–Kier alpha value is -0.520. The minimum Gasteiger partial charge on any atom is -0.299 e. The van der Waals surface area contributed by atoms with Crippen molar-refractivity contribution in [3.63, 3.8) is 0 Å². The highest BCUT2D eigenvalue weighted by molar-refractivity contribution is 4.92. The lowest BCUT2D eigenvalue weighted by molar-refractivity contribution is 0.0501. The van der Waals surface area contributed by atoms with Gasteiger partial charge < -0.3 is 0 Å². The van der Waals surface area contributed by atoms with Crippen molar-refractivity contribution in [1.82, 2.24) is 9.80 Å². The SMILES string of the molecule is C#CCCN1CC(N2CCCC2)C1. The predicted octanol–water partition coefficient (Wildman–Crippen LogP) is 0.790. The van der Waals surface area contributed by atoms with Crippen molar-refractivity contribution in [2.24, 2.45) is 0 Å². The summed E-state index contributed by atoms with van der Waals surface area (Å²) in [5.74, 6) is 2.70. The molecule has 2 aliphatic rings. The van der Waals surface area contributed by atoms with E-state index < -0.39 is 0 Å². The molecule has 0 aromatic rings. The monoisotopic (exact) mass is 178 g/mol. The molecule has 0 N–H and O–H groups in total. The molecule has 13 heavy (non-hydrogen) atoms. The smallest absolute Gasteiger partial charge is 0.0350 e. The molecule has 0 unspecified atom stereocenters. The fraction of sp³-hybridized carbons (Fsp3) is 0.818. The zero-order chi connectivity index (χ0) is 9.10. The Morgan fingerprint density at radius 1 is 1.23 bits per heavy atom. The van der Waals surface area contributed by atoms with Crippen LogP contribution in [0.2, 0.25) is 0 Å². The molecule has 2 nitrogen and oxygen atoms in total. The average Bonchev–Trinajstić information content (AvgIpc) is 2.54. The Kier molecular flexibility index (Phi) is 2.87. The summed E-state index contributed by atoms with van der Waals surface area (Å²) in [5.41, 5.74) is 0. The lowest BCUT2D eigenvalue weighted by Crippen LogP contribution is -2.58. The fourth-order valence-corrected chi connectivity index (χ4v) is 2.29. The number of hydrogen-bond donors (Lipinski definition) is 0. The van der Waals surface area contributed by atoms with Crippen LogP contribution in [-0.2, 0) is 0 Å². The number of hydrogen-bond acceptors (Lipinski definition) is 2. The average molecular weight is 178 g/mol. The van der Waals surface area contributed by atoms with E-state index in [0.717, 1.165) is 19.0 Å². The minimum atomic E-state index is 0.847. The van der Waals surface area contributed by atoms with Crippen LogP contribution < -0.4 is 0 Å². The molecule has 2 fully saturated rings. The van der Waals surface area contributed by atoms with Crippen LogP contribution in [0.4, 0.5) is 0 Å². The molecule has 2 saturated heterocycles. The van der Waals surface area contributed by atoms with Crippen molar-refractivity contribution in [2.45, 2.75) is 25.3 Å². The maximum absolute atomic E-state index is 5.23. The van der Waals surface area contributed by atoms with Crippen LogP contribution in [0, 0.1) is 12.3 Å². The van der Waals surface area contributed by atoms with Gasteiger partial charge in [0.15, 0.2) is 0 Å². The van der Waals surface area contributed by atoms with E-state index >= 15 is 0 Å². The van der Waals surface area contributed by atoms with E-state index in [4.69, 9.17) is 6.42 Å². The number of nitrogens with zero attached hydrogens (tertiary/aromatic N) is 2. The van der Waals surface area contributed by atoms with Crippen LogP contribution >= 0.6 is 0 Å². The first-order valence-corrected chi connectivity index (χ1v) is 5.30. The Bertz CT molecular complexity index is 195. The standard InChI is InChI=1S/C11H18N2/c1-2-3-6-12-9-11(10-12)13-7-4-5-8-13/h1,11H,3-10H2. The van der Waals surface area contributed by atoms with E-state index in [1.54, 1.807) is 0 Å². The third-order valence-corrected chi connectivity index (χ3v) is 3.17. The first-order chi connectivity index (χ1) is 6.40. The van der Waals surface area contributed by atoms with Crippen LogP contribution in [0.5, 0.6) is 0 Å². The molecular formula is C11H18N2. The first kappa shape index (κ1) is 9.05. The van der Waals surface area contributed by atoms with E-state index in [2.05, 4.69) is 15.7 Å². The Balaban J connectivity index is 1.64. The van der Waals surface area contributed by atoms with E-state index in [1.807, 2.05) is 0 Å². The van der Waals surface area contributed by atoms with Crippen LogP contribution in [0.1, 0.15) is 19.3 Å². The summed E-state index contributed by atoms with van der Waals surface area (Å²) in [6.07, 6.45) is 8.94. The summed E-state index contributed by atoms with van der Waals surface area (Å²) in [5, 5.41) is 0. The second-order valence-corrected chi connectivity index (χ2v) is 4.11. The van der Waals surface area contributed by atoms with Crippen molar-refractivity contribution >= 4 is 0 Å². The maximum atomic E-state index is 5.23. The highest BCUT2D eigenvalue weighted by Gasteiger charge is 2.32. The van der Waals surface area contributed by atoms with Gasteiger partial charge in [0.25, 0.3) is 0 Å². The van der Waals surface area contributed by atoms with Gasteiger partial charge in [-0.05, 0) is 25.9 Å². The number of rotatable bonds is 3. The summed E-state index contributed by atoms with van der Waals surface area (Å²) in [6.45, 7) is 6.26. The van der Waals surface area contributed by atoms with Crippen LogP contribution in [-0.4, -0.2) is 48.6 Å². The summed E-state index contributed by atoms with van der Waals surface area (Å²) in [4.78, 5) is 5.09. The van der Waals surface area contributed by atoms with Gasteiger partial charge in [0.05, 0.1) is 0 Å². The lowest BCUT2D eigenvalue weighted by atomic mass is 10.1. The highest BCUT2D eigenvalue weighted by atomic mass is 15.3. The molecule has 0 aromatic heterocycles. The first-order valence-electron chi connectivity index (χ1n) is 5.30. The van der Waals surface area contributed by atoms with Gasteiger partial charge in [-0.2, -0.15) is 0 Å². The zero-order valence-electron chi connectivity index (χ0n) is 8.21. The molecule has 0 amide bonds. The summed E-state index contributed by atoms with van der Waals surface area (Å²) in [7, 11) is 0. The Labute approximate surface area is 80.9 Å². The maximum Gasteiger partial charge on any atom is 0.0350 e. The zero-order valence-corrected chi connectivity index (χ0v) is 8.21. The molecule has 0 aromatic carbocycles. The summed E-state index contributed by atoms with van der Waals surface area (Å²) < 4.78 is 0. The lowest BCUT2D eigenvalue weighted by Gasteiger charge is -2.43. The molecule has 0 saturated carbocycles. The van der Waals surface area contributed by atoms with Crippen LogP contribution in [0.15, 0.2) is 0 Å². The molecule has 2 heterocycles. The molecular weight excluding hydrogens is 160 g/mol. The van der Waals surface area contributed by atoms with Gasteiger partial charge in [-0.3, -0.25) is 9.80 Å². The minimum absolute atomic E-state index is 0.847.